The van der Waals surface area contributed by atoms with Crippen LogP contribution in [0.3, 0.4) is 0 Å². The maximum Gasteiger partial charge on any atom is 0.307 e. The van der Waals surface area contributed by atoms with E-state index in [0.29, 0.717) is 19.3 Å². The van der Waals surface area contributed by atoms with Crippen LogP contribution in [0.4, 0.5) is 0 Å². The molecule has 0 fully saturated rings. The standard InChI is InChI=1S/C8H13O4/c1-2-3-4-6(8(11)12)5-7(9)10/h6H,1-5H2,(H,9,10)(H,11,12). The van der Waals surface area contributed by atoms with Crippen molar-refractivity contribution in [3.05, 3.63) is 6.92 Å². The van der Waals surface area contributed by atoms with E-state index in [1.54, 1.807) is 0 Å². The van der Waals surface area contributed by atoms with E-state index in [0.717, 1.165) is 0 Å². The third kappa shape index (κ3) is 4.71. The monoisotopic (exact) mass is 173 g/mol. The van der Waals surface area contributed by atoms with E-state index >= 15 is 0 Å². The topological polar surface area (TPSA) is 74.6 Å². The van der Waals surface area contributed by atoms with Crippen LogP contribution in [0.1, 0.15) is 25.7 Å². The van der Waals surface area contributed by atoms with Crippen LogP contribution in [0.5, 0.6) is 0 Å². The number of carbonyl (C=O) groups is 2. The summed E-state index contributed by atoms with van der Waals surface area (Å²) in [7, 11) is 0. The van der Waals surface area contributed by atoms with Crippen LogP contribution >= 0.6 is 0 Å². The summed E-state index contributed by atoms with van der Waals surface area (Å²) in [4.78, 5) is 20.7. The fourth-order valence-corrected chi connectivity index (χ4v) is 0.914. The zero-order valence-electron chi connectivity index (χ0n) is 6.82. The van der Waals surface area contributed by atoms with E-state index < -0.39 is 17.9 Å². The molecule has 0 bridgehead atoms. The molecule has 0 rings (SSSR count). The van der Waals surface area contributed by atoms with Gasteiger partial charge in [0, 0.05) is 0 Å². The quantitative estimate of drug-likeness (QED) is 0.632. The molecule has 69 valence electrons. The zero-order valence-corrected chi connectivity index (χ0v) is 6.82. The van der Waals surface area contributed by atoms with Gasteiger partial charge in [-0.2, -0.15) is 0 Å². The molecule has 0 aromatic rings. The lowest BCUT2D eigenvalue weighted by molar-refractivity contribution is -0.148. The molecule has 0 spiro atoms. The average Bonchev–Trinajstić information content (AvgIpc) is 1.96. The molecule has 1 unspecified atom stereocenters. The van der Waals surface area contributed by atoms with Gasteiger partial charge in [-0.1, -0.05) is 19.8 Å². The van der Waals surface area contributed by atoms with Gasteiger partial charge in [-0.3, -0.25) is 9.59 Å². The Labute approximate surface area is 71.2 Å². The third-order valence-electron chi connectivity index (χ3n) is 1.57. The summed E-state index contributed by atoms with van der Waals surface area (Å²) < 4.78 is 0. The highest BCUT2D eigenvalue weighted by Crippen LogP contribution is 2.12. The second-order valence-corrected chi connectivity index (χ2v) is 2.63. The highest BCUT2D eigenvalue weighted by molar-refractivity contribution is 5.77. The van der Waals surface area contributed by atoms with E-state index in [-0.39, 0.29) is 6.42 Å². The molecule has 0 saturated carbocycles. The molecule has 0 aromatic carbocycles. The van der Waals surface area contributed by atoms with Crippen LogP contribution < -0.4 is 0 Å². The zero-order chi connectivity index (χ0) is 9.56. The number of hydrogen-bond donors (Lipinski definition) is 2. The fourth-order valence-electron chi connectivity index (χ4n) is 0.914. The van der Waals surface area contributed by atoms with Crippen LogP contribution in [0, 0.1) is 12.8 Å². The minimum Gasteiger partial charge on any atom is -0.481 e. The Hall–Kier alpha value is -1.06. The summed E-state index contributed by atoms with van der Waals surface area (Å²) in [6.45, 7) is 3.56. The highest BCUT2D eigenvalue weighted by atomic mass is 16.4. The van der Waals surface area contributed by atoms with E-state index in [4.69, 9.17) is 10.2 Å². The summed E-state index contributed by atoms with van der Waals surface area (Å²) in [6, 6.07) is 0. The van der Waals surface area contributed by atoms with Crippen molar-refractivity contribution < 1.29 is 19.8 Å². The molecule has 0 aliphatic carbocycles. The molecule has 1 radical (unpaired) electrons. The molecule has 4 heteroatoms. The average molecular weight is 173 g/mol. The van der Waals surface area contributed by atoms with Crippen molar-refractivity contribution in [1.82, 2.24) is 0 Å². The van der Waals surface area contributed by atoms with Crippen LogP contribution in [0.25, 0.3) is 0 Å². The van der Waals surface area contributed by atoms with Gasteiger partial charge in [-0.05, 0) is 6.42 Å². The van der Waals surface area contributed by atoms with E-state index in [2.05, 4.69) is 6.92 Å². The summed E-state index contributed by atoms with van der Waals surface area (Å²) in [5.41, 5.74) is 0. The Morgan fingerprint density at radius 1 is 1.33 bits per heavy atom. The van der Waals surface area contributed by atoms with E-state index in [1.165, 1.54) is 0 Å². The minimum absolute atomic E-state index is 0.296. The molecular weight excluding hydrogens is 160 g/mol. The maximum absolute atomic E-state index is 10.5. The van der Waals surface area contributed by atoms with Gasteiger partial charge in [0.1, 0.15) is 0 Å². The normalized spacial score (nSPS) is 12.4. The second-order valence-electron chi connectivity index (χ2n) is 2.63. The Morgan fingerprint density at radius 3 is 2.25 bits per heavy atom. The van der Waals surface area contributed by atoms with Crippen molar-refractivity contribution in [3.63, 3.8) is 0 Å². The van der Waals surface area contributed by atoms with Gasteiger partial charge in [0.2, 0.25) is 0 Å². The third-order valence-corrected chi connectivity index (χ3v) is 1.57. The molecule has 0 heterocycles. The Bertz CT molecular complexity index is 164. The van der Waals surface area contributed by atoms with Gasteiger partial charge >= 0.3 is 11.9 Å². The Kier molecular flexibility index (Phi) is 5.08. The number of carboxylic acid groups (broad SMARTS) is 2. The molecule has 0 aliphatic rings. The lowest BCUT2D eigenvalue weighted by atomic mass is 9.99. The van der Waals surface area contributed by atoms with Crippen molar-refractivity contribution in [2.75, 3.05) is 0 Å². The molecule has 12 heavy (non-hydrogen) atoms. The van der Waals surface area contributed by atoms with Gasteiger partial charge in [0.05, 0.1) is 12.3 Å². The lowest BCUT2D eigenvalue weighted by Crippen LogP contribution is -2.17. The first-order valence-electron chi connectivity index (χ1n) is 3.81. The SMILES string of the molecule is [CH2]CCCC(CC(=O)O)C(=O)O. The number of aliphatic carboxylic acids is 2. The summed E-state index contributed by atoms with van der Waals surface area (Å²) in [5, 5.41) is 16.9. The number of unbranched alkanes of at least 4 members (excludes halogenated alkanes) is 1. The Balaban J connectivity index is 3.87. The molecule has 1 atom stereocenters. The van der Waals surface area contributed by atoms with Crippen LogP contribution in [-0.4, -0.2) is 22.2 Å². The van der Waals surface area contributed by atoms with Gasteiger partial charge in [-0.25, -0.2) is 0 Å². The van der Waals surface area contributed by atoms with Crippen molar-refractivity contribution in [2.45, 2.75) is 25.7 Å². The van der Waals surface area contributed by atoms with Crippen LogP contribution in [0.15, 0.2) is 0 Å². The van der Waals surface area contributed by atoms with Gasteiger partial charge in [0.15, 0.2) is 0 Å². The smallest absolute Gasteiger partial charge is 0.307 e. The molecule has 0 saturated heterocycles. The second kappa shape index (κ2) is 5.57. The summed E-state index contributed by atoms with van der Waals surface area (Å²) in [6.07, 6.45) is 1.40. The van der Waals surface area contributed by atoms with Gasteiger partial charge < -0.3 is 10.2 Å². The molecular formula is C8H13O4. The van der Waals surface area contributed by atoms with Gasteiger partial charge in [0.25, 0.3) is 0 Å². The van der Waals surface area contributed by atoms with Crippen LogP contribution in [0.2, 0.25) is 0 Å². The van der Waals surface area contributed by atoms with Crippen molar-refractivity contribution >= 4 is 11.9 Å². The van der Waals surface area contributed by atoms with E-state index in [1.807, 2.05) is 0 Å². The molecule has 0 aromatic heterocycles. The first kappa shape index (κ1) is 10.9. The first-order valence-corrected chi connectivity index (χ1v) is 3.81. The predicted octanol–water partition coefficient (Wildman–Crippen LogP) is 1.17. The number of carboxylic acids is 2. The number of rotatable bonds is 6. The minimum atomic E-state index is -1.06. The van der Waals surface area contributed by atoms with Crippen LogP contribution in [-0.2, 0) is 9.59 Å². The molecule has 0 amide bonds. The fraction of sp³-hybridized carbons (Fsp3) is 0.625. The predicted molar refractivity (Wildman–Crippen MR) is 42.6 cm³/mol. The van der Waals surface area contributed by atoms with Gasteiger partial charge in [-0.15, -0.1) is 0 Å². The summed E-state index contributed by atoms with van der Waals surface area (Å²) in [5.74, 6) is -2.86. The van der Waals surface area contributed by atoms with Crippen molar-refractivity contribution in [3.8, 4) is 0 Å². The van der Waals surface area contributed by atoms with E-state index in [9.17, 15) is 9.59 Å². The van der Waals surface area contributed by atoms with Crippen molar-refractivity contribution in [1.29, 1.82) is 0 Å². The maximum atomic E-state index is 10.5. The largest absolute Gasteiger partial charge is 0.481 e. The van der Waals surface area contributed by atoms with Crippen molar-refractivity contribution in [2.24, 2.45) is 5.92 Å². The Morgan fingerprint density at radius 2 is 1.92 bits per heavy atom. The molecule has 2 N–H and O–H groups in total. The number of hydrogen-bond acceptors (Lipinski definition) is 2. The molecule has 0 aliphatic heterocycles. The highest BCUT2D eigenvalue weighted by Gasteiger charge is 2.19. The lowest BCUT2D eigenvalue weighted by Gasteiger charge is -2.07. The molecule has 4 nitrogen and oxygen atoms in total. The summed E-state index contributed by atoms with van der Waals surface area (Å²) >= 11 is 0. The first-order chi connectivity index (χ1) is 5.57.